The van der Waals surface area contributed by atoms with Crippen LogP contribution in [0.4, 0.5) is 5.69 Å². The van der Waals surface area contributed by atoms with E-state index in [0.29, 0.717) is 18.1 Å². The predicted molar refractivity (Wildman–Crippen MR) is 92.1 cm³/mol. The molecule has 0 aromatic carbocycles. The predicted octanol–water partition coefficient (Wildman–Crippen LogP) is 4.35. The Hall–Kier alpha value is -1.58. The highest BCUT2D eigenvalue weighted by Crippen LogP contribution is 2.28. The number of aliphatic imine (C=N–C) groups is 1. The lowest BCUT2D eigenvalue weighted by Crippen LogP contribution is -2.28. The van der Waals surface area contributed by atoms with Crippen molar-refractivity contribution in [3.8, 4) is 5.88 Å². The van der Waals surface area contributed by atoms with E-state index in [9.17, 15) is 0 Å². The average molecular weight is 303 g/mol. The molecule has 1 aliphatic rings. The van der Waals surface area contributed by atoms with E-state index < -0.39 is 0 Å². The van der Waals surface area contributed by atoms with Gasteiger partial charge in [-0.3, -0.25) is 0 Å². The van der Waals surface area contributed by atoms with Crippen molar-refractivity contribution in [2.45, 2.75) is 65.5 Å². The fourth-order valence-electron chi connectivity index (χ4n) is 2.63. The smallest absolute Gasteiger partial charge is 0.213 e. The quantitative estimate of drug-likeness (QED) is 0.599. The second kappa shape index (κ2) is 7.61. The number of rotatable bonds is 5. The minimum Gasteiger partial charge on any atom is -0.474 e. The number of hydrogen-bond acceptors (Lipinski definition) is 3. The van der Waals surface area contributed by atoms with Gasteiger partial charge in [-0.15, -0.1) is 0 Å². The molecule has 0 radical (unpaired) electrons. The topological polar surface area (TPSA) is 37.7 Å². The fourth-order valence-corrected chi connectivity index (χ4v) is 2.63. The number of pyridine rings is 1. The Labute approximate surface area is 134 Å². The van der Waals surface area contributed by atoms with Crippen LogP contribution in [0.15, 0.2) is 17.1 Å². The van der Waals surface area contributed by atoms with Crippen LogP contribution in [0.3, 0.4) is 0 Å². The first-order valence-electron chi connectivity index (χ1n) is 8.38. The highest BCUT2D eigenvalue weighted by molar-refractivity contribution is 5.62. The molecule has 2 atom stereocenters. The molecule has 0 bridgehead atoms. The molecule has 1 aromatic heterocycles. The van der Waals surface area contributed by atoms with E-state index in [0.717, 1.165) is 23.7 Å². The number of ether oxygens (including phenoxy) is 1. The van der Waals surface area contributed by atoms with E-state index in [4.69, 9.17) is 4.74 Å². The van der Waals surface area contributed by atoms with Gasteiger partial charge in [0, 0.05) is 19.2 Å². The Bertz CT molecular complexity index is 513. The first-order valence-corrected chi connectivity index (χ1v) is 8.38. The molecule has 2 rings (SSSR count). The Morgan fingerprint density at radius 2 is 2.05 bits per heavy atom. The van der Waals surface area contributed by atoms with Gasteiger partial charge in [0.15, 0.2) is 0 Å². The minimum absolute atomic E-state index is 0.307. The number of aryl methyl sites for hydroxylation is 1. The molecule has 1 aliphatic carbocycles. The second-order valence-corrected chi connectivity index (χ2v) is 6.68. The van der Waals surface area contributed by atoms with E-state index in [-0.39, 0.29) is 0 Å². The summed E-state index contributed by atoms with van der Waals surface area (Å²) in [6.07, 6.45) is 7.15. The number of aromatic nitrogens is 1. The zero-order valence-corrected chi connectivity index (χ0v) is 14.5. The van der Waals surface area contributed by atoms with Gasteiger partial charge in [0.2, 0.25) is 5.88 Å². The maximum absolute atomic E-state index is 6.09. The SMILES string of the molecule is Cc1nc(OC2CCCCC2C)ccc1N=CN(C)C(C)C. The molecule has 1 heterocycles. The van der Waals surface area contributed by atoms with E-state index in [1.807, 2.05) is 32.4 Å². The van der Waals surface area contributed by atoms with Crippen molar-refractivity contribution in [3.05, 3.63) is 17.8 Å². The van der Waals surface area contributed by atoms with Gasteiger partial charge in [0.05, 0.1) is 17.7 Å². The Balaban J connectivity index is 2.03. The average Bonchev–Trinajstić information content (AvgIpc) is 2.48. The first kappa shape index (κ1) is 16.8. The standard InChI is InChI=1S/C18H29N3O/c1-13(2)21(5)12-19-16-10-11-18(20-15(16)4)22-17-9-7-6-8-14(17)3/h10-14,17H,6-9H2,1-5H3. The van der Waals surface area contributed by atoms with Gasteiger partial charge >= 0.3 is 0 Å². The van der Waals surface area contributed by atoms with Crippen LogP contribution in [-0.2, 0) is 0 Å². The number of hydrogen-bond donors (Lipinski definition) is 0. The molecule has 1 saturated carbocycles. The van der Waals surface area contributed by atoms with Crippen molar-refractivity contribution < 1.29 is 4.74 Å². The summed E-state index contributed by atoms with van der Waals surface area (Å²) in [4.78, 5) is 11.2. The summed E-state index contributed by atoms with van der Waals surface area (Å²) < 4.78 is 6.09. The maximum Gasteiger partial charge on any atom is 0.213 e. The van der Waals surface area contributed by atoms with Crippen molar-refractivity contribution in [3.63, 3.8) is 0 Å². The third-order valence-corrected chi connectivity index (χ3v) is 4.53. The zero-order chi connectivity index (χ0) is 16.1. The van der Waals surface area contributed by atoms with Crippen LogP contribution in [-0.4, -0.2) is 35.4 Å². The van der Waals surface area contributed by atoms with Crippen molar-refractivity contribution in [1.82, 2.24) is 9.88 Å². The third-order valence-electron chi connectivity index (χ3n) is 4.53. The van der Waals surface area contributed by atoms with Crippen molar-refractivity contribution in [2.75, 3.05) is 7.05 Å². The van der Waals surface area contributed by atoms with Crippen LogP contribution in [0.2, 0.25) is 0 Å². The molecule has 0 saturated heterocycles. The van der Waals surface area contributed by atoms with Crippen LogP contribution >= 0.6 is 0 Å². The third kappa shape index (κ3) is 4.46. The van der Waals surface area contributed by atoms with Crippen molar-refractivity contribution in [1.29, 1.82) is 0 Å². The van der Waals surface area contributed by atoms with Gasteiger partial charge in [-0.05, 0) is 52.0 Å². The molecule has 122 valence electrons. The van der Waals surface area contributed by atoms with Gasteiger partial charge < -0.3 is 9.64 Å². The molecule has 0 aliphatic heterocycles. The van der Waals surface area contributed by atoms with Crippen LogP contribution in [0.1, 0.15) is 52.1 Å². The summed E-state index contributed by atoms with van der Waals surface area (Å²) in [5.41, 5.74) is 1.81. The fraction of sp³-hybridized carbons (Fsp3) is 0.667. The lowest BCUT2D eigenvalue weighted by Gasteiger charge is -2.28. The largest absolute Gasteiger partial charge is 0.474 e. The van der Waals surface area contributed by atoms with Crippen molar-refractivity contribution in [2.24, 2.45) is 10.9 Å². The van der Waals surface area contributed by atoms with Crippen LogP contribution < -0.4 is 4.74 Å². The van der Waals surface area contributed by atoms with Gasteiger partial charge in [-0.25, -0.2) is 9.98 Å². The zero-order valence-electron chi connectivity index (χ0n) is 14.5. The Morgan fingerprint density at radius 1 is 1.32 bits per heavy atom. The van der Waals surface area contributed by atoms with E-state index in [2.05, 4.69) is 35.6 Å². The van der Waals surface area contributed by atoms with Gasteiger partial charge in [-0.1, -0.05) is 13.3 Å². The minimum atomic E-state index is 0.307. The lowest BCUT2D eigenvalue weighted by molar-refractivity contribution is 0.0975. The Kier molecular flexibility index (Phi) is 5.81. The number of nitrogens with zero attached hydrogens (tertiary/aromatic N) is 3. The van der Waals surface area contributed by atoms with Gasteiger partial charge in [-0.2, -0.15) is 0 Å². The summed E-state index contributed by atoms with van der Waals surface area (Å²) in [5.74, 6) is 1.35. The molecule has 0 spiro atoms. The summed E-state index contributed by atoms with van der Waals surface area (Å²) in [6, 6.07) is 4.37. The summed E-state index contributed by atoms with van der Waals surface area (Å²) >= 11 is 0. The van der Waals surface area contributed by atoms with Gasteiger partial charge in [0.25, 0.3) is 0 Å². The highest BCUT2D eigenvalue weighted by Gasteiger charge is 2.23. The van der Waals surface area contributed by atoms with Gasteiger partial charge in [0.1, 0.15) is 6.10 Å². The molecule has 1 fully saturated rings. The van der Waals surface area contributed by atoms with E-state index in [1.54, 1.807) is 0 Å². The van der Waals surface area contributed by atoms with E-state index >= 15 is 0 Å². The monoisotopic (exact) mass is 303 g/mol. The molecule has 0 N–H and O–H groups in total. The normalized spacial score (nSPS) is 22.3. The van der Waals surface area contributed by atoms with Crippen molar-refractivity contribution >= 4 is 12.0 Å². The van der Waals surface area contributed by atoms with Crippen LogP contribution in [0, 0.1) is 12.8 Å². The summed E-state index contributed by atoms with van der Waals surface area (Å²) in [5, 5.41) is 0. The van der Waals surface area contributed by atoms with E-state index in [1.165, 1.54) is 19.3 Å². The van der Waals surface area contributed by atoms with Crippen LogP contribution in [0.5, 0.6) is 5.88 Å². The Morgan fingerprint density at radius 3 is 2.68 bits per heavy atom. The lowest BCUT2D eigenvalue weighted by atomic mass is 9.88. The molecular formula is C18H29N3O. The summed E-state index contributed by atoms with van der Waals surface area (Å²) in [6.45, 7) is 8.54. The molecule has 0 amide bonds. The second-order valence-electron chi connectivity index (χ2n) is 6.68. The molecule has 1 aromatic rings. The molecular weight excluding hydrogens is 274 g/mol. The molecule has 2 unspecified atom stereocenters. The summed E-state index contributed by atoms with van der Waals surface area (Å²) in [7, 11) is 2.03. The van der Waals surface area contributed by atoms with Crippen LogP contribution in [0.25, 0.3) is 0 Å². The highest BCUT2D eigenvalue weighted by atomic mass is 16.5. The maximum atomic E-state index is 6.09. The molecule has 4 heteroatoms. The molecule has 22 heavy (non-hydrogen) atoms. The first-order chi connectivity index (χ1) is 10.5. The molecule has 4 nitrogen and oxygen atoms in total.